The number of aliphatic imine (C=N–C) groups is 1. The zero-order valence-electron chi connectivity index (χ0n) is 16.3. The van der Waals surface area contributed by atoms with Gasteiger partial charge in [0.15, 0.2) is 5.96 Å². The summed E-state index contributed by atoms with van der Waals surface area (Å²) in [5.41, 5.74) is 1.21. The molecule has 6 heteroatoms. The van der Waals surface area contributed by atoms with Crippen LogP contribution < -0.4 is 10.2 Å². The summed E-state index contributed by atoms with van der Waals surface area (Å²) in [5, 5.41) is 3.38. The Hall–Kier alpha value is -1.31. The Balaban J connectivity index is 0.00000338. The number of guanidine groups is 1. The first kappa shape index (κ1) is 22.7. The Bertz CT molecular complexity index is 555. The summed E-state index contributed by atoms with van der Waals surface area (Å²) < 4.78 is 0. The van der Waals surface area contributed by atoms with E-state index >= 15 is 0 Å². The second-order valence-electron chi connectivity index (χ2n) is 6.59. The van der Waals surface area contributed by atoms with Crippen LogP contribution in [0, 0.1) is 0 Å². The van der Waals surface area contributed by atoms with Crippen molar-refractivity contribution in [1.29, 1.82) is 0 Å². The predicted molar refractivity (Wildman–Crippen MR) is 123 cm³/mol. The van der Waals surface area contributed by atoms with Gasteiger partial charge >= 0.3 is 0 Å². The maximum atomic E-state index is 4.81. The van der Waals surface area contributed by atoms with Crippen molar-refractivity contribution in [1.82, 2.24) is 15.2 Å². The molecule has 0 aromatic carbocycles. The fourth-order valence-electron chi connectivity index (χ4n) is 3.07. The van der Waals surface area contributed by atoms with Crippen LogP contribution >= 0.6 is 24.0 Å². The van der Waals surface area contributed by atoms with E-state index in [9.17, 15) is 0 Å². The van der Waals surface area contributed by atoms with Gasteiger partial charge in [0.25, 0.3) is 0 Å². The minimum Gasteiger partial charge on any atom is -0.357 e. The van der Waals surface area contributed by atoms with Crippen LogP contribution in [0.5, 0.6) is 0 Å². The lowest BCUT2D eigenvalue weighted by Gasteiger charge is -2.27. The highest BCUT2D eigenvalue weighted by Gasteiger charge is 2.12. The number of halogens is 1. The number of hydrogen-bond acceptors (Lipinski definition) is 3. The standard InChI is InChI=1S/C20H33N5.HI/c1-4-6-8-13-24(3)20(21-5-2)23-17-18-11-12-22-19(16-18)25-14-9-7-10-15-25;/h4,11-12,16H,1,5-10,13-15,17H2,2-3H3,(H,21,23);1H. The van der Waals surface area contributed by atoms with Crippen LogP contribution in [0.25, 0.3) is 0 Å². The van der Waals surface area contributed by atoms with Crippen molar-refractivity contribution in [3.63, 3.8) is 0 Å². The highest BCUT2D eigenvalue weighted by molar-refractivity contribution is 14.0. The van der Waals surface area contributed by atoms with E-state index in [2.05, 4.69) is 52.8 Å². The molecule has 0 radical (unpaired) electrons. The first-order valence-electron chi connectivity index (χ1n) is 9.54. The molecular formula is C20H34IN5. The Morgan fingerprint density at radius 1 is 1.38 bits per heavy atom. The number of hydrogen-bond donors (Lipinski definition) is 1. The molecule has 1 saturated heterocycles. The molecule has 0 spiro atoms. The molecule has 5 nitrogen and oxygen atoms in total. The Morgan fingerprint density at radius 2 is 2.15 bits per heavy atom. The number of aromatic nitrogens is 1. The predicted octanol–water partition coefficient (Wildman–Crippen LogP) is 4.05. The second kappa shape index (κ2) is 12.9. The molecule has 0 amide bonds. The number of pyridine rings is 1. The number of allylic oxidation sites excluding steroid dienone is 1. The quantitative estimate of drug-likeness (QED) is 0.204. The van der Waals surface area contributed by atoms with Gasteiger partial charge in [-0.15, -0.1) is 30.6 Å². The zero-order chi connectivity index (χ0) is 17.9. The van der Waals surface area contributed by atoms with Gasteiger partial charge in [0.2, 0.25) is 0 Å². The summed E-state index contributed by atoms with van der Waals surface area (Å²) in [4.78, 5) is 13.9. The van der Waals surface area contributed by atoms with Gasteiger partial charge in [0, 0.05) is 39.4 Å². The van der Waals surface area contributed by atoms with Crippen molar-refractivity contribution in [2.45, 2.75) is 45.6 Å². The molecule has 0 atom stereocenters. The van der Waals surface area contributed by atoms with E-state index in [4.69, 9.17) is 4.99 Å². The SMILES string of the molecule is C=CCCCN(C)C(=NCc1ccnc(N2CCCCC2)c1)NCC.I. The zero-order valence-corrected chi connectivity index (χ0v) is 18.6. The summed E-state index contributed by atoms with van der Waals surface area (Å²) in [6.45, 7) is 10.7. The number of rotatable bonds is 8. The van der Waals surface area contributed by atoms with Gasteiger partial charge in [-0.25, -0.2) is 9.98 Å². The summed E-state index contributed by atoms with van der Waals surface area (Å²) >= 11 is 0. The third-order valence-corrected chi connectivity index (χ3v) is 4.50. The van der Waals surface area contributed by atoms with Crippen molar-refractivity contribution in [3.05, 3.63) is 36.5 Å². The molecule has 2 heterocycles. The Kier molecular flexibility index (Phi) is 11.3. The van der Waals surface area contributed by atoms with E-state index in [0.29, 0.717) is 6.54 Å². The summed E-state index contributed by atoms with van der Waals surface area (Å²) in [6.07, 6.45) is 9.89. The maximum Gasteiger partial charge on any atom is 0.193 e. The molecular weight excluding hydrogens is 437 g/mol. The van der Waals surface area contributed by atoms with Gasteiger partial charge in [0.1, 0.15) is 5.82 Å². The van der Waals surface area contributed by atoms with Gasteiger partial charge in [-0.3, -0.25) is 0 Å². The highest BCUT2D eigenvalue weighted by atomic mass is 127. The average molecular weight is 471 g/mol. The molecule has 1 fully saturated rings. The molecule has 1 aromatic heterocycles. The molecule has 1 aromatic rings. The lowest BCUT2D eigenvalue weighted by Crippen LogP contribution is -2.39. The minimum absolute atomic E-state index is 0. The Morgan fingerprint density at radius 3 is 2.85 bits per heavy atom. The van der Waals surface area contributed by atoms with Crippen molar-refractivity contribution in [2.24, 2.45) is 4.99 Å². The largest absolute Gasteiger partial charge is 0.357 e. The van der Waals surface area contributed by atoms with E-state index < -0.39 is 0 Å². The number of nitrogens with zero attached hydrogens (tertiary/aromatic N) is 4. The third kappa shape index (κ3) is 7.51. The van der Waals surface area contributed by atoms with Crippen molar-refractivity contribution < 1.29 is 0 Å². The summed E-state index contributed by atoms with van der Waals surface area (Å²) in [5.74, 6) is 2.06. The molecule has 0 bridgehead atoms. The van der Waals surface area contributed by atoms with Gasteiger partial charge in [-0.05, 0) is 56.7 Å². The number of unbranched alkanes of at least 4 members (excludes halogenated alkanes) is 1. The monoisotopic (exact) mass is 471 g/mol. The maximum absolute atomic E-state index is 4.81. The number of anilines is 1. The lowest BCUT2D eigenvalue weighted by molar-refractivity contribution is 0.470. The minimum atomic E-state index is 0. The van der Waals surface area contributed by atoms with Crippen LogP contribution in [-0.2, 0) is 6.54 Å². The topological polar surface area (TPSA) is 43.8 Å². The molecule has 146 valence electrons. The van der Waals surface area contributed by atoms with Gasteiger partial charge in [-0.2, -0.15) is 0 Å². The molecule has 1 N–H and O–H groups in total. The van der Waals surface area contributed by atoms with E-state index in [0.717, 1.165) is 50.8 Å². The summed E-state index contributed by atoms with van der Waals surface area (Å²) in [7, 11) is 2.09. The number of piperidine rings is 1. The molecule has 0 unspecified atom stereocenters. The first-order chi connectivity index (χ1) is 12.2. The van der Waals surface area contributed by atoms with Crippen LogP contribution in [0.2, 0.25) is 0 Å². The van der Waals surface area contributed by atoms with Crippen LogP contribution in [-0.4, -0.2) is 49.1 Å². The van der Waals surface area contributed by atoms with Crippen LogP contribution in [0.15, 0.2) is 36.0 Å². The normalized spacial score (nSPS) is 14.5. The van der Waals surface area contributed by atoms with Crippen molar-refractivity contribution >= 4 is 35.8 Å². The first-order valence-corrected chi connectivity index (χ1v) is 9.54. The molecule has 1 aliphatic heterocycles. The molecule has 0 aliphatic carbocycles. The smallest absolute Gasteiger partial charge is 0.193 e. The van der Waals surface area contributed by atoms with Gasteiger partial charge in [0.05, 0.1) is 6.54 Å². The van der Waals surface area contributed by atoms with E-state index in [1.807, 2.05) is 12.3 Å². The van der Waals surface area contributed by atoms with Gasteiger partial charge in [-0.1, -0.05) is 6.08 Å². The fourth-order valence-corrected chi connectivity index (χ4v) is 3.07. The van der Waals surface area contributed by atoms with Crippen LogP contribution in [0.3, 0.4) is 0 Å². The van der Waals surface area contributed by atoms with Crippen LogP contribution in [0.4, 0.5) is 5.82 Å². The molecule has 26 heavy (non-hydrogen) atoms. The Labute approximate surface area is 176 Å². The van der Waals surface area contributed by atoms with Crippen molar-refractivity contribution in [2.75, 3.05) is 38.1 Å². The van der Waals surface area contributed by atoms with Gasteiger partial charge < -0.3 is 15.1 Å². The lowest BCUT2D eigenvalue weighted by atomic mass is 10.1. The van der Waals surface area contributed by atoms with E-state index in [1.165, 1.54) is 24.8 Å². The summed E-state index contributed by atoms with van der Waals surface area (Å²) in [6, 6.07) is 4.26. The van der Waals surface area contributed by atoms with Crippen LogP contribution in [0.1, 0.15) is 44.6 Å². The van der Waals surface area contributed by atoms with E-state index in [1.54, 1.807) is 0 Å². The highest BCUT2D eigenvalue weighted by Crippen LogP contribution is 2.18. The second-order valence-corrected chi connectivity index (χ2v) is 6.59. The average Bonchev–Trinajstić information content (AvgIpc) is 2.66. The van der Waals surface area contributed by atoms with E-state index in [-0.39, 0.29) is 24.0 Å². The van der Waals surface area contributed by atoms with Crippen molar-refractivity contribution in [3.8, 4) is 0 Å². The fraction of sp³-hybridized carbons (Fsp3) is 0.600. The number of nitrogens with one attached hydrogen (secondary N) is 1. The molecule has 2 rings (SSSR count). The molecule has 1 aliphatic rings. The molecule has 0 saturated carbocycles. The third-order valence-electron chi connectivity index (χ3n) is 4.50.